The van der Waals surface area contributed by atoms with E-state index >= 15 is 0 Å². The smallest absolute Gasteiger partial charge is 0.251 e. The highest BCUT2D eigenvalue weighted by atomic mass is 32.2. The van der Waals surface area contributed by atoms with Gasteiger partial charge in [0.2, 0.25) is 10.0 Å². The van der Waals surface area contributed by atoms with Gasteiger partial charge in [0.25, 0.3) is 5.91 Å². The Labute approximate surface area is 150 Å². The first-order valence-electron chi connectivity index (χ1n) is 9.41. The highest BCUT2D eigenvalue weighted by Crippen LogP contribution is 2.25. The first-order chi connectivity index (χ1) is 12.0. The Kier molecular flexibility index (Phi) is 5.79. The normalized spacial score (nSPS) is 23.3. The fourth-order valence-corrected chi connectivity index (χ4v) is 5.62. The van der Waals surface area contributed by atoms with Crippen LogP contribution in [0.5, 0.6) is 0 Å². The van der Waals surface area contributed by atoms with Crippen molar-refractivity contribution in [3.05, 3.63) is 29.8 Å². The molecule has 0 spiro atoms. The highest BCUT2D eigenvalue weighted by molar-refractivity contribution is 7.89. The minimum atomic E-state index is -3.55. The molecule has 3 rings (SSSR count). The van der Waals surface area contributed by atoms with Crippen molar-refractivity contribution >= 4 is 15.9 Å². The summed E-state index contributed by atoms with van der Waals surface area (Å²) in [5, 5.41) is 3.05. The second kappa shape index (κ2) is 7.87. The van der Waals surface area contributed by atoms with Crippen molar-refractivity contribution in [2.75, 3.05) is 6.54 Å². The summed E-state index contributed by atoms with van der Waals surface area (Å²) in [7, 11) is -3.55. The summed E-state index contributed by atoms with van der Waals surface area (Å²) in [5.74, 6) is -0.171. The van der Waals surface area contributed by atoms with Crippen LogP contribution in [0.15, 0.2) is 29.2 Å². The number of hydrogen-bond acceptors (Lipinski definition) is 3. The Morgan fingerprint density at radius 3 is 2.52 bits per heavy atom. The zero-order valence-corrected chi connectivity index (χ0v) is 15.7. The van der Waals surface area contributed by atoms with Gasteiger partial charge in [-0.05, 0) is 50.8 Å². The molecule has 1 aliphatic heterocycles. The molecule has 0 radical (unpaired) electrons. The van der Waals surface area contributed by atoms with Crippen LogP contribution < -0.4 is 5.32 Å². The molecule has 138 valence electrons. The second-order valence-electron chi connectivity index (χ2n) is 7.30. The van der Waals surface area contributed by atoms with Crippen molar-refractivity contribution < 1.29 is 13.2 Å². The van der Waals surface area contributed by atoms with Gasteiger partial charge in [0, 0.05) is 24.2 Å². The van der Waals surface area contributed by atoms with E-state index in [1.54, 1.807) is 22.5 Å². The average Bonchev–Trinajstić information content (AvgIpc) is 2.63. The molecule has 1 heterocycles. The summed E-state index contributed by atoms with van der Waals surface area (Å²) in [5.41, 5.74) is 0.427. The van der Waals surface area contributed by atoms with Crippen LogP contribution in [0.4, 0.5) is 0 Å². The lowest BCUT2D eigenvalue weighted by Crippen LogP contribution is -2.42. The summed E-state index contributed by atoms with van der Waals surface area (Å²) in [6.07, 6.45) is 8.39. The van der Waals surface area contributed by atoms with Gasteiger partial charge in [-0.3, -0.25) is 4.79 Å². The van der Waals surface area contributed by atoms with E-state index in [9.17, 15) is 13.2 Å². The van der Waals surface area contributed by atoms with Gasteiger partial charge in [-0.1, -0.05) is 31.7 Å². The minimum Gasteiger partial charge on any atom is -0.349 e. The number of carbonyl (C=O) groups is 1. The summed E-state index contributed by atoms with van der Waals surface area (Å²) in [4.78, 5) is 12.7. The molecule has 1 aromatic carbocycles. The molecule has 2 aliphatic rings. The monoisotopic (exact) mass is 364 g/mol. The van der Waals surface area contributed by atoms with Gasteiger partial charge >= 0.3 is 0 Å². The summed E-state index contributed by atoms with van der Waals surface area (Å²) >= 11 is 0. The van der Waals surface area contributed by atoms with Gasteiger partial charge in [-0.15, -0.1) is 0 Å². The maximum Gasteiger partial charge on any atom is 0.251 e. The van der Waals surface area contributed by atoms with E-state index in [-0.39, 0.29) is 22.9 Å². The molecule has 0 aromatic heterocycles. The number of amides is 1. The fourth-order valence-electron chi connectivity index (χ4n) is 3.88. The molecule has 1 saturated heterocycles. The maximum atomic E-state index is 13.0. The molecule has 1 aromatic rings. The number of piperidine rings is 1. The molecule has 1 aliphatic carbocycles. The Bertz CT molecular complexity index is 711. The zero-order valence-electron chi connectivity index (χ0n) is 14.9. The van der Waals surface area contributed by atoms with Crippen LogP contribution >= 0.6 is 0 Å². The Balaban J connectivity index is 1.77. The Morgan fingerprint density at radius 2 is 1.80 bits per heavy atom. The number of nitrogens with one attached hydrogen (secondary N) is 1. The van der Waals surface area contributed by atoms with Crippen molar-refractivity contribution in [3.63, 3.8) is 0 Å². The van der Waals surface area contributed by atoms with E-state index in [2.05, 4.69) is 5.32 Å². The lowest BCUT2D eigenvalue weighted by Gasteiger charge is -2.32. The largest absolute Gasteiger partial charge is 0.349 e. The van der Waals surface area contributed by atoms with E-state index in [1.807, 2.05) is 6.92 Å². The van der Waals surface area contributed by atoms with Crippen molar-refractivity contribution in [2.24, 2.45) is 0 Å². The van der Waals surface area contributed by atoms with Gasteiger partial charge in [0.15, 0.2) is 0 Å². The zero-order chi connectivity index (χ0) is 17.9. The number of carbonyl (C=O) groups excluding carboxylic acids is 1. The van der Waals surface area contributed by atoms with Crippen LogP contribution in [0.1, 0.15) is 68.6 Å². The molecular formula is C19H28N2O3S. The number of benzene rings is 1. The predicted molar refractivity (Wildman–Crippen MR) is 98.0 cm³/mol. The molecule has 0 bridgehead atoms. The number of sulfonamides is 1. The van der Waals surface area contributed by atoms with Gasteiger partial charge in [0.05, 0.1) is 4.90 Å². The third kappa shape index (κ3) is 4.23. The molecule has 1 amide bonds. The van der Waals surface area contributed by atoms with Crippen LogP contribution in [0.25, 0.3) is 0 Å². The van der Waals surface area contributed by atoms with Gasteiger partial charge in [0.1, 0.15) is 0 Å². The number of rotatable bonds is 4. The third-order valence-corrected chi connectivity index (χ3v) is 7.39. The Hall–Kier alpha value is -1.40. The molecule has 5 nitrogen and oxygen atoms in total. The van der Waals surface area contributed by atoms with Crippen LogP contribution in [0, 0.1) is 0 Å². The second-order valence-corrected chi connectivity index (χ2v) is 9.19. The average molecular weight is 365 g/mol. The number of nitrogens with zero attached hydrogens (tertiary/aromatic N) is 1. The molecule has 1 saturated carbocycles. The van der Waals surface area contributed by atoms with Crippen LogP contribution in [-0.4, -0.2) is 37.3 Å². The quantitative estimate of drug-likeness (QED) is 0.891. The standard InChI is InChI=1S/C19H28N2O3S/c1-15-8-5-6-13-21(15)25(23,24)18-12-7-9-16(14-18)19(22)20-17-10-3-2-4-11-17/h7,9,12,14-15,17H,2-6,8,10-11,13H2,1H3,(H,20,22). The molecule has 6 heteroatoms. The first kappa shape index (κ1) is 18.4. The third-order valence-electron chi connectivity index (χ3n) is 5.39. The molecule has 1 unspecified atom stereocenters. The van der Waals surface area contributed by atoms with Gasteiger partial charge in [-0.2, -0.15) is 4.31 Å². The topological polar surface area (TPSA) is 66.5 Å². The van der Waals surface area contributed by atoms with Crippen LogP contribution in [-0.2, 0) is 10.0 Å². The molecule has 25 heavy (non-hydrogen) atoms. The molecule has 1 N–H and O–H groups in total. The van der Waals surface area contributed by atoms with Crippen molar-refractivity contribution in [2.45, 2.75) is 75.3 Å². The van der Waals surface area contributed by atoms with Crippen molar-refractivity contribution in [1.82, 2.24) is 9.62 Å². The summed E-state index contributed by atoms with van der Waals surface area (Å²) in [6, 6.07) is 6.69. The van der Waals surface area contributed by atoms with E-state index < -0.39 is 10.0 Å². The highest BCUT2D eigenvalue weighted by Gasteiger charge is 2.31. The summed E-state index contributed by atoms with van der Waals surface area (Å²) < 4.78 is 27.5. The van der Waals surface area contributed by atoms with Crippen molar-refractivity contribution in [3.8, 4) is 0 Å². The van der Waals surface area contributed by atoms with E-state index in [0.717, 1.165) is 44.9 Å². The number of hydrogen-bond donors (Lipinski definition) is 1. The molecule has 1 atom stereocenters. The van der Waals surface area contributed by atoms with Crippen LogP contribution in [0.3, 0.4) is 0 Å². The van der Waals surface area contributed by atoms with Gasteiger partial charge in [-0.25, -0.2) is 8.42 Å². The van der Waals surface area contributed by atoms with Crippen molar-refractivity contribution in [1.29, 1.82) is 0 Å². The summed E-state index contributed by atoms with van der Waals surface area (Å²) in [6.45, 7) is 2.51. The lowest BCUT2D eigenvalue weighted by molar-refractivity contribution is 0.0927. The fraction of sp³-hybridized carbons (Fsp3) is 0.632. The molecular weight excluding hydrogens is 336 g/mol. The van der Waals surface area contributed by atoms with E-state index in [0.29, 0.717) is 12.1 Å². The lowest BCUT2D eigenvalue weighted by atomic mass is 9.95. The van der Waals surface area contributed by atoms with E-state index in [4.69, 9.17) is 0 Å². The minimum absolute atomic E-state index is 0.0125. The van der Waals surface area contributed by atoms with Gasteiger partial charge < -0.3 is 5.32 Å². The Morgan fingerprint density at radius 1 is 1.08 bits per heavy atom. The van der Waals surface area contributed by atoms with E-state index in [1.165, 1.54) is 12.5 Å². The SMILES string of the molecule is CC1CCCCN1S(=O)(=O)c1cccc(C(=O)NC2CCCCC2)c1. The first-order valence-corrected chi connectivity index (χ1v) is 10.9. The predicted octanol–water partition coefficient (Wildman–Crippen LogP) is 3.31. The van der Waals surface area contributed by atoms with Crippen LogP contribution in [0.2, 0.25) is 0 Å². The molecule has 2 fully saturated rings. The maximum absolute atomic E-state index is 13.0.